The summed E-state index contributed by atoms with van der Waals surface area (Å²) in [5, 5.41) is 5.66. The van der Waals surface area contributed by atoms with Crippen molar-refractivity contribution in [3.8, 4) is 0 Å². The molecule has 0 bridgehead atoms. The fourth-order valence-corrected chi connectivity index (χ4v) is 3.06. The average molecular weight is 360 g/mol. The maximum absolute atomic E-state index is 5.78. The maximum Gasteiger partial charge on any atom is 0.150 e. The molecule has 0 saturated carbocycles. The highest BCUT2D eigenvalue weighted by atomic mass is 79.9. The Kier molecular flexibility index (Phi) is 3.23. The lowest BCUT2D eigenvalue weighted by Crippen LogP contribution is -2.19. The van der Waals surface area contributed by atoms with Gasteiger partial charge in [0.15, 0.2) is 6.23 Å². The Morgan fingerprint density at radius 1 is 1.29 bits per heavy atom. The van der Waals surface area contributed by atoms with E-state index in [1.165, 1.54) is 6.42 Å². The molecule has 1 atom stereocenters. The van der Waals surface area contributed by atoms with E-state index in [1.54, 1.807) is 0 Å². The standard InChI is InChI=1S/C12H12Br2N2O/c13-8-4-5-10-9(7-8)12(14)15-16(10)11-3-1-2-6-17-11/h4-5,7,11H,1-3,6H2. The average Bonchev–Trinajstić information content (AvgIpc) is 2.68. The SMILES string of the molecule is Brc1ccc2c(c1)c(Br)nn2C1CCCCO1. The van der Waals surface area contributed by atoms with E-state index in [2.05, 4.69) is 49.1 Å². The largest absolute Gasteiger partial charge is 0.356 e. The van der Waals surface area contributed by atoms with Crippen LogP contribution in [-0.4, -0.2) is 16.4 Å². The monoisotopic (exact) mass is 358 g/mol. The molecule has 1 aliphatic heterocycles. The van der Waals surface area contributed by atoms with Crippen LogP contribution in [0.25, 0.3) is 10.9 Å². The van der Waals surface area contributed by atoms with Gasteiger partial charge in [0.05, 0.1) is 5.52 Å². The highest BCUT2D eigenvalue weighted by molar-refractivity contribution is 9.11. The summed E-state index contributed by atoms with van der Waals surface area (Å²) in [4.78, 5) is 0. The van der Waals surface area contributed by atoms with E-state index >= 15 is 0 Å². The van der Waals surface area contributed by atoms with Crippen LogP contribution in [0.5, 0.6) is 0 Å². The highest BCUT2D eigenvalue weighted by Crippen LogP contribution is 2.31. The lowest BCUT2D eigenvalue weighted by molar-refractivity contribution is -0.0368. The lowest BCUT2D eigenvalue weighted by Gasteiger charge is -2.23. The van der Waals surface area contributed by atoms with E-state index in [4.69, 9.17) is 4.74 Å². The van der Waals surface area contributed by atoms with Gasteiger partial charge in [-0.25, -0.2) is 4.68 Å². The van der Waals surface area contributed by atoms with Crippen LogP contribution in [0.1, 0.15) is 25.5 Å². The molecule has 3 rings (SSSR count). The molecule has 5 heteroatoms. The van der Waals surface area contributed by atoms with Gasteiger partial charge in [-0.1, -0.05) is 15.9 Å². The van der Waals surface area contributed by atoms with Crippen molar-refractivity contribution >= 4 is 42.8 Å². The molecule has 90 valence electrons. The van der Waals surface area contributed by atoms with Crippen LogP contribution in [0.4, 0.5) is 0 Å². The normalized spacial score (nSPS) is 20.9. The molecule has 1 aliphatic rings. The molecule has 2 heterocycles. The third-order valence-corrected chi connectivity index (χ3v) is 4.13. The van der Waals surface area contributed by atoms with Crippen molar-refractivity contribution in [3.63, 3.8) is 0 Å². The van der Waals surface area contributed by atoms with Gasteiger partial charge in [0, 0.05) is 16.5 Å². The second kappa shape index (κ2) is 4.71. The van der Waals surface area contributed by atoms with Gasteiger partial charge in [-0.15, -0.1) is 0 Å². The molecule has 0 radical (unpaired) electrons. The molecule has 3 nitrogen and oxygen atoms in total. The topological polar surface area (TPSA) is 27.1 Å². The first-order valence-corrected chi connectivity index (χ1v) is 7.29. The minimum Gasteiger partial charge on any atom is -0.356 e. The van der Waals surface area contributed by atoms with Crippen molar-refractivity contribution in [1.82, 2.24) is 9.78 Å². The number of nitrogens with zero attached hydrogens (tertiary/aromatic N) is 2. The summed E-state index contributed by atoms with van der Waals surface area (Å²) in [5.41, 5.74) is 1.12. The second-order valence-electron chi connectivity index (χ2n) is 4.22. The van der Waals surface area contributed by atoms with Crippen LogP contribution >= 0.6 is 31.9 Å². The molecule has 1 unspecified atom stereocenters. The zero-order valence-corrected chi connectivity index (χ0v) is 12.4. The van der Waals surface area contributed by atoms with Crippen molar-refractivity contribution in [3.05, 3.63) is 27.3 Å². The van der Waals surface area contributed by atoms with Crippen LogP contribution in [-0.2, 0) is 4.74 Å². The van der Waals surface area contributed by atoms with Gasteiger partial charge in [0.1, 0.15) is 4.60 Å². The Hall–Kier alpha value is -0.390. The van der Waals surface area contributed by atoms with E-state index in [-0.39, 0.29) is 6.23 Å². The number of aromatic nitrogens is 2. The molecule has 1 fully saturated rings. The predicted molar refractivity (Wildman–Crippen MR) is 74.0 cm³/mol. The van der Waals surface area contributed by atoms with Gasteiger partial charge in [-0.2, -0.15) is 5.10 Å². The first-order valence-electron chi connectivity index (χ1n) is 5.70. The number of rotatable bonds is 1. The molecule has 0 amide bonds. The van der Waals surface area contributed by atoms with E-state index < -0.39 is 0 Å². The Bertz CT molecular complexity index is 547. The highest BCUT2D eigenvalue weighted by Gasteiger charge is 2.20. The number of fused-ring (bicyclic) bond motifs is 1. The first kappa shape index (κ1) is 11.7. The summed E-state index contributed by atoms with van der Waals surface area (Å²) in [7, 11) is 0. The van der Waals surface area contributed by atoms with Crippen molar-refractivity contribution in [2.75, 3.05) is 6.61 Å². The van der Waals surface area contributed by atoms with Gasteiger partial charge in [0.25, 0.3) is 0 Å². The van der Waals surface area contributed by atoms with Crippen LogP contribution in [0.3, 0.4) is 0 Å². The fraction of sp³-hybridized carbons (Fsp3) is 0.417. The van der Waals surface area contributed by atoms with Crippen molar-refractivity contribution in [2.24, 2.45) is 0 Å². The smallest absolute Gasteiger partial charge is 0.150 e. The molecular weight excluding hydrogens is 348 g/mol. The first-order chi connectivity index (χ1) is 8.25. The lowest BCUT2D eigenvalue weighted by atomic mass is 10.2. The number of hydrogen-bond acceptors (Lipinski definition) is 2. The summed E-state index contributed by atoms with van der Waals surface area (Å²) in [6.45, 7) is 0.833. The van der Waals surface area contributed by atoms with Crippen molar-refractivity contribution < 1.29 is 4.74 Å². The molecule has 0 N–H and O–H groups in total. The molecule has 1 saturated heterocycles. The quantitative estimate of drug-likeness (QED) is 0.760. The van der Waals surface area contributed by atoms with Gasteiger partial charge < -0.3 is 4.74 Å². The van der Waals surface area contributed by atoms with Crippen LogP contribution in [0, 0.1) is 0 Å². The summed E-state index contributed by atoms with van der Waals surface area (Å²) in [6, 6.07) is 6.19. The van der Waals surface area contributed by atoms with Gasteiger partial charge in [-0.3, -0.25) is 0 Å². The Balaban J connectivity index is 2.10. The molecule has 2 aromatic rings. The Morgan fingerprint density at radius 2 is 2.18 bits per heavy atom. The number of ether oxygens (including phenoxy) is 1. The number of benzene rings is 1. The van der Waals surface area contributed by atoms with Gasteiger partial charge >= 0.3 is 0 Å². The number of hydrogen-bond donors (Lipinski definition) is 0. The van der Waals surface area contributed by atoms with E-state index in [0.29, 0.717) is 0 Å². The van der Waals surface area contributed by atoms with Gasteiger partial charge in [0.2, 0.25) is 0 Å². The van der Waals surface area contributed by atoms with Crippen molar-refractivity contribution in [1.29, 1.82) is 0 Å². The fourth-order valence-electron chi connectivity index (χ4n) is 2.21. The molecule has 1 aromatic heterocycles. The maximum atomic E-state index is 5.78. The zero-order valence-electron chi connectivity index (χ0n) is 9.20. The molecule has 17 heavy (non-hydrogen) atoms. The summed E-state index contributed by atoms with van der Waals surface area (Å²) < 4.78 is 9.72. The zero-order chi connectivity index (χ0) is 11.8. The third kappa shape index (κ3) is 2.16. The van der Waals surface area contributed by atoms with E-state index in [1.807, 2.05) is 10.7 Å². The molecular formula is C12H12Br2N2O. The minimum atomic E-state index is 0.0822. The minimum absolute atomic E-state index is 0.0822. The van der Waals surface area contributed by atoms with E-state index in [9.17, 15) is 0 Å². The second-order valence-corrected chi connectivity index (χ2v) is 5.88. The molecule has 1 aromatic carbocycles. The van der Waals surface area contributed by atoms with Crippen LogP contribution < -0.4 is 0 Å². The Morgan fingerprint density at radius 3 is 2.94 bits per heavy atom. The van der Waals surface area contributed by atoms with E-state index in [0.717, 1.165) is 39.4 Å². The van der Waals surface area contributed by atoms with Crippen molar-refractivity contribution in [2.45, 2.75) is 25.5 Å². The number of halogens is 2. The summed E-state index contributed by atoms with van der Waals surface area (Å²) >= 11 is 6.99. The van der Waals surface area contributed by atoms with Gasteiger partial charge in [-0.05, 0) is 53.4 Å². The van der Waals surface area contributed by atoms with Crippen LogP contribution in [0.15, 0.2) is 27.3 Å². The summed E-state index contributed by atoms with van der Waals surface area (Å²) in [5.74, 6) is 0. The molecule has 0 spiro atoms. The third-order valence-electron chi connectivity index (χ3n) is 3.05. The Labute approximate surface area is 116 Å². The molecule has 0 aliphatic carbocycles. The van der Waals surface area contributed by atoms with Crippen LogP contribution in [0.2, 0.25) is 0 Å². The predicted octanol–water partition coefficient (Wildman–Crippen LogP) is 4.26. The summed E-state index contributed by atoms with van der Waals surface area (Å²) in [6.07, 6.45) is 3.49.